The van der Waals surface area contributed by atoms with Gasteiger partial charge in [-0.2, -0.15) is 10.2 Å². The van der Waals surface area contributed by atoms with Crippen LogP contribution in [0.4, 0.5) is 0 Å². The molecule has 1 aliphatic rings. The van der Waals surface area contributed by atoms with Crippen LogP contribution in [0, 0.1) is 6.92 Å². The molecule has 1 amide bonds. The van der Waals surface area contributed by atoms with E-state index in [1.54, 1.807) is 24.7 Å². The van der Waals surface area contributed by atoms with E-state index < -0.39 is 0 Å². The molecule has 0 aromatic carbocycles. The number of hydrogen-bond acceptors (Lipinski definition) is 5. The fourth-order valence-corrected chi connectivity index (χ4v) is 3.29. The molecule has 1 aliphatic heterocycles. The van der Waals surface area contributed by atoms with E-state index >= 15 is 0 Å². The van der Waals surface area contributed by atoms with Gasteiger partial charge in [-0.3, -0.25) is 9.48 Å². The lowest BCUT2D eigenvalue weighted by Crippen LogP contribution is -2.38. The number of likely N-dealkylation sites (tertiary alicyclic amines) is 1. The van der Waals surface area contributed by atoms with Crippen LogP contribution in [0.5, 0.6) is 0 Å². The molecule has 4 heterocycles. The number of hydrogen-bond donors (Lipinski definition) is 0. The Kier molecular flexibility index (Phi) is 4.01. The van der Waals surface area contributed by atoms with Crippen molar-refractivity contribution >= 4 is 5.91 Å². The zero-order valence-electron chi connectivity index (χ0n) is 14.0. The highest BCUT2D eigenvalue weighted by Gasteiger charge is 2.31. The summed E-state index contributed by atoms with van der Waals surface area (Å²) < 4.78 is 3.43. The molecule has 4 rings (SSSR count). The molecule has 0 bridgehead atoms. The Morgan fingerprint density at radius 2 is 2.28 bits per heavy atom. The van der Waals surface area contributed by atoms with Crippen LogP contribution in [-0.2, 0) is 6.54 Å². The van der Waals surface area contributed by atoms with Crippen molar-refractivity contribution in [2.45, 2.75) is 32.4 Å². The molecule has 8 nitrogen and oxygen atoms in total. The van der Waals surface area contributed by atoms with Gasteiger partial charge in [0.25, 0.3) is 5.91 Å². The topological polar surface area (TPSA) is 81.7 Å². The van der Waals surface area contributed by atoms with E-state index in [0.717, 1.165) is 24.9 Å². The van der Waals surface area contributed by atoms with Gasteiger partial charge >= 0.3 is 0 Å². The van der Waals surface area contributed by atoms with Gasteiger partial charge in [0.1, 0.15) is 12.7 Å². The van der Waals surface area contributed by atoms with Gasteiger partial charge in [-0.05, 0) is 37.5 Å². The first-order chi connectivity index (χ1) is 12.2. The van der Waals surface area contributed by atoms with Crippen molar-refractivity contribution in [3.05, 3.63) is 54.5 Å². The lowest BCUT2D eigenvalue weighted by atomic mass is 10.2. The summed E-state index contributed by atoms with van der Waals surface area (Å²) in [6.07, 6.45) is 10.5. The summed E-state index contributed by atoms with van der Waals surface area (Å²) in [6, 6.07) is 3.70. The van der Waals surface area contributed by atoms with Gasteiger partial charge in [0.2, 0.25) is 0 Å². The van der Waals surface area contributed by atoms with Crippen LogP contribution in [0.15, 0.2) is 43.4 Å². The number of amides is 1. The van der Waals surface area contributed by atoms with E-state index in [0.29, 0.717) is 17.9 Å². The van der Waals surface area contributed by atoms with Crippen molar-refractivity contribution in [3.63, 3.8) is 0 Å². The summed E-state index contributed by atoms with van der Waals surface area (Å²) in [5.41, 5.74) is 1.66. The third kappa shape index (κ3) is 3.02. The SMILES string of the molecule is Cc1cnn(C[C@H]2CCCN2C(=O)c2cccnc2-n2cncn2)c1. The van der Waals surface area contributed by atoms with Crippen LogP contribution < -0.4 is 0 Å². The molecule has 0 spiro atoms. The Labute approximate surface area is 145 Å². The minimum atomic E-state index is -0.0232. The van der Waals surface area contributed by atoms with Gasteiger partial charge in [0, 0.05) is 18.9 Å². The summed E-state index contributed by atoms with van der Waals surface area (Å²) in [5.74, 6) is 0.482. The Morgan fingerprint density at radius 3 is 3.04 bits per heavy atom. The monoisotopic (exact) mass is 337 g/mol. The molecule has 1 saturated heterocycles. The highest BCUT2D eigenvalue weighted by atomic mass is 16.2. The first kappa shape index (κ1) is 15.5. The Hall–Kier alpha value is -3.03. The van der Waals surface area contributed by atoms with E-state index in [4.69, 9.17) is 0 Å². The molecule has 0 unspecified atom stereocenters. The maximum absolute atomic E-state index is 13.2. The third-order valence-corrected chi connectivity index (χ3v) is 4.45. The summed E-state index contributed by atoms with van der Waals surface area (Å²) in [4.78, 5) is 23.4. The number of pyridine rings is 1. The molecule has 0 N–H and O–H groups in total. The minimum Gasteiger partial charge on any atom is -0.334 e. The Morgan fingerprint density at radius 1 is 1.36 bits per heavy atom. The first-order valence-corrected chi connectivity index (χ1v) is 8.32. The molecule has 3 aromatic heterocycles. The van der Waals surface area contributed by atoms with Crippen LogP contribution in [0.1, 0.15) is 28.8 Å². The Bertz CT molecular complexity index is 871. The van der Waals surface area contributed by atoms with Gasteiger partial charge in [-0.15, -0.1) is 0 Å². The fourth-order valence-electron chi connectivity index (χ4n) is 3.29. The van der Waals surface area contributed by atoms with Crippen molar-refractivity contribution in [3.8, 4) is 5.82 Å². The molecule has 8 heteroatoms. The van der Waals surface area contributed by atoms with Gasteiger partial charge in [-0.1, -0.05) is 0 Å². The number of rotatable bonds is 4. The second-order valence-corrected chi connectivity index (χ2v) is 6.25. The zero-order chi connectivity index (χ0) is 17.2. The molecular formula is C17H19N7O. The van der Waals surface area contributed by atoms with Gasteiger partial charge in [0.15, 0.2) is 5.82 Å². The molecule has 0 aliphatic carbocycles. The van der Waals surface area contributed by atoms with Crippen molar-refractivity contribution in [1.29, 1.82) is 0 Å². The zero-order valence-corrected chi connectivity index (χ0v) is 14.0. The largest absolute Gasteiger partial charge is 0.334 e. The minimum absolute atomic E-state index is 0.0232. The van der Waals surface area contributed by atoms with E-state index in [2.05, 4.69) is 20.2 Å². The second-order valence-electron chi connectivity index (χ2n) is 6.25. The predicted molar refractivity (Wildman–Crippen MR) is 90.2 cm³/mol. The normalized spacial score (nSPS) is 17.2. The fraction of sp³-hybridized carbons (Fsp3) is 0.353. The van der Waals surface area contributed by atoms with Crippen LogP contribution in [0.2, 0.25) is 0 Å². The lowest BCUT2D eigenvalue weighted by molar-refractivity contribution is 0.0721. The maximum atomic E-state index is 13.2. The van der Waals surface area contributed by atoms with Crippen LogP contribution in [0.25, 0.3) is 5.82 Å². The average Bonchev–Trinajstić information content (AvgIpc) is 3.37. The molecule has 25 heavy (non-hydrogen) atoms. The van der Waals surface area contributed by atoms with Gasteiger partial charge in [-0.25, -0.2) is 14.6 Å². The summed E-state index contributed by atoms with van der Waals surface area (Å²) in [5, 5.41) is 8.45. The first-order valence-electron chi connectivity index (χ1n) is 8.32. The van der Waals surface area contributed by atoms with Gasteiger partial charge < -0.3 is 4.90 Å². The van der Waals surface area contributed by atoms with E-state index in [1.165, 1.54) is 11.0 Å². The van der Waals surface area contributed by atoms with Crippen molar-refractivity contribution in [2.24, 2.45) is 0 Å². The molecule has 0 radical (unpaired) electrons. The van der Waals surface area contributed by atoms with Crippen molar-refractivity contribution < 1.29 is 4.79 Å². The van der Waals surface area contributed by atoms with Crippen LogP contribution in [0.3, 0.4) is 0 Å². The molecule has 1 atom stereocenters. The molecule has 128 valence electrons. The quantitative estimate of drug-likeness (QED) is 0.720. The molecule has 0 saturated carbocycles. The highest BCUT2D eigenvalue weighted by Crippen LogP contribution is 2.23. The average molecular weight is 337 g/mol. The highest BCUT2D eigenvalue weighted by molar-refractivity contribution is 5.97. The number of nitrogens with zero attached hydrogens (tertiary/aromatic N) is 7. The smallest absolute Gasteiger partial charge is 0.258 e. The second kappa shape index (κ2) is 6.46. The van der Waals surface area contributed by atoms with Crippen molar-refractivity contribution in [2.75, 3.05) is 6.54 Å². The molecule has 1 fully saturated rings. The van der Waals surface area contributed by atoms with Crippen LogP contribution >= 0.6 is 0 Å². The lowest BCUT2D eigenvalue weighted by Gasteiger charge is -2.25. The number of carbonyl (C=O) groups excluding carboxylic acids is 1. The summed E-state index contributed by atoms with van der Waals surface area (Å²) >= 11 is 0. The van der Waals surface area contributed by atoms with Crippen molar-refractivity contribution in [1.82, 2.24) is 34.4 Å². The van der Waals surface area contributed by atoms with E-state index in [1.807, 2.05) is 28.9 Å². The number of aryl methyl sites for hydroxylation is 1. The summed E-state index contributed by atoms with van der Waals surface area (Å²) in [7, 11) is 0. The maximum Gasteiger partial charge on any atom is 0.258 e. The molecule has 3 aromatic rings. The molecular weight excluding hydrogens is 318 g/mol. The number of aromatic nitrogens is 6. The predicted octanol–water partition coefficient (Wildman–Crippen LogP) is 1.47. The van der Waals surface area contributed by atoms with E-state index in [-0.39, 0.29) is 11.9 Å². The van der Waals surface area contributed by atoms with Gasteiger partial charge in [0.05, 0.1) is 24.3 Å². The van der Waals surface area contributed by atoms with E-state index in [9.17, 15) is 4.79 Å². The number of carbonyl (C=O) groups is 1. The summed E-state index contributed by atoms with van der Waals surface area (Å²) in [6.45, 7) is 3.47. The third-order valence-electron chi connectivity index (χ3n) is 4.45. The van der Waals surface area contributed by atoms with Crippen LogP contribution in [-0.4, -0.2) is 52.9 Å². The Balaban J connectivity index is 1.60. The standard InChI is InChI=1S/C17H19N7O/c1-13-8-20-22(9-13)10-14-4-3-7-23(14)17(25)15-5-2-6-19-16(15)24-12-18-11-21-24/h2,5-6,8-9,11-12,14H,3-4,7,10H2,1H3/t14-/m1/s1.